The van der Waals surface area contributed by atoms with Crippen molar-refractivity contribution in [2.45, 2.75) is 0 Å². The van der Waals surface area contributed by atoms with Crippen LogP contribution in [0.25, 0.3) is 0 Å². The van der Waals surface area contributed by atoms with Crippen LogP contribution in [0.2, 0.25) is 0 Å². The summed E-state index contributed by atoms with van der Waals surface area (Å²) in [6.07, 6.45) is -1.28. The topological polar surface area (TPSA) is 56.6 Å². The number of benzene rings is 1. The average molecular weight is 166 g/mol. The average Bonchev–Trinajstić information content (AvgIpc) is 2.05. The lowest BCUT2D eigenvalue weighted by Crippen LogP contribution is -3.12. The minimum absolute atomic E-state index is 0.579. The van der Waals surface area contributed by atoms with E-state index in [4.69, 9.17) is 0 Å². The van der Waals surface area contributed by atoms with E-state index in [9.17, 15) is 9.90 Å². The monoisotopic (exact) mass is 166 g/mol. The number of quaternary nitrogens is 1. The number of rotatable bonds is 2. The van der Waals surface area contributed by atoms with Crippen molar-refractivity contribution < 1.29 is 14.9 Å². The minimum Gasteiger partial charge on any atom is -0.526 e. The second-order valence-corrected chi connectivity index (χ2v) is 2.40. The molecule has 0 bridgehead atoms. The molecule has 0 aliphatic carbocycles. The van der Waals surface area contributed by atoms with E-state index in [1.165, 1.54) is 0 Å². The number of carbonyl (C=O) groups is 1. The fourth-order valence-corrected chi connectivity index (χ4v) is 0.913. The maximum atomic E-state index is 10.1. The molecule has 1 aromatic carbocycles. The Bertz CT molecular complexity index is 261. The van der Waals surface area contributed by atoms with Gasteiger partial charge in [-0.1, -0.05) is 18.2 Å². The highest BCUT2D eigenvalue weighted by Crippen LogP contribution is 1.96. The van der Waals surface area contributed by atoms with Gasteiger partial charge in [-0.15, -0.1) is 0 Å². The van der Waals surface area contributed by atoms with Gasteiger partial charge in [-0.05, 0) is 0 Å². The molecule has 0 radical (unpaired) electrons. The van der Waals surface area contributed by atoms with Crippen molar-refractivity contribution in [2.75, 3.05) is 7.05 Å². The number of carboxylic acid groups (broad SMARTS) is 1. The molecule has 1 aromatic rings. The molecule has 12 heavy (non-hydrogen) atoms. The highest BCUT2D eigenvalue weighted by atomic mass is 16.4. The normalized spacial score (nSPS) is 12.1. The van der Waals surface area contributed by atoms with E-state index in [-0.39, 0.29) is 0 Å². The van der Waals surface area contributed by atoms with E-state index in [0.717, 1.165) is 5.69 Å². The third-order valence-electron chi connectivity index (χ3n) is 1.50. The van der Waals surface area contributed by atoms with Crippen molar-refractivity contribution >= 4 is 11.8 Å². The van der Waals surface area contributed by atoms with Crippen molar-refractivity contribution in [3.8, 4) is 0 Å². The molecule has 2 N–H and O–H groups in total. The first-order valence-corrected chi connectivity index (χ1v) is 3.57. The third-order valence-corrected chi connectivity index (χ3v) is 1.50. The first-order valence-electron chi connectivity index (χ1n) is 3.57. The summed E-state index contributed by atoms with van der Waals surface area (Å²) in [5.41, 5.74) is 3.03. The van der Waals surface area contributed by atoms with Crippen LogP contribution in [0.5, 0.6) is 0 Å². The number of nitrogens with one attached hydrogen (secondary N) is 2. The molecular formula is C8H10N2O2. The molecule has 64 valence electrons. The van der Waals surface area contributed by atoms with Gasteiger partial charge in [0, 0.05) is 12.1 Å². The van der Waals surface area contributed by atoms with Gasteiger partial charge in [0.15, 0.2) is 11.8 Å². The molecule has 0 saturated heterocycles. The molecule has 0 heterocycles. The van der Waals surface area contributed by atoms with Crippen LogP contribution in [-0.2, 0) is 0 Å². The van der Waals surface area contributed by atoms with Gasteiger partial charge in [0.25, 0.3) is 0 Å². The van der Waals surface area contributed by atoms with Crippen LogP contribution in [0.1, 0.15) is 0 Å². The van der Waals surface area contributed by atoms with Crippen molar-refractivity contribution in [3.05, 3.63) is 30.3 Å². The van der Waals surface area contributed by atoms with Crippen LogP contribution in [0.15, 0.2) is 30.3 Å². The summed E-state index contributed by atoms with van der Waals surface area (Å²) >= 11 is 0. The number of carbonyl (C=O) groups excluding carboxylic acids is 1. The lowest BCUT2D eigenvalue weighted by atomic mass is 10.3. The molecule has 0 aliphatic rings. The Labute approximate surface area is 70.4 Å². The molecule has 0 fully saturated rings. The Hall–Kier alpha value is -1.55. The van der Waals surface area contributed by atoms with Crippen LogP contribution < -0.4 is 15.5 Å². The SMILES string of the molecule is C[NH+](NC(=O)[O-])c1ccccc1. The van der Waals surface area contributed by atoms with Gasteiger partial charge in [0.05, 0.1) is 7.05 Å². The van der Waals surface area contributed by atoms with Gasteiger partial charge in [-0.2, -0.15) is 0 Å². The Kier molecular flexibility index (Phi) is 2.66. The molecule has 1 unspecified atom stereocenters. The van der Waals surface area contributed by atoms with Crippen molar-refractivity contribution in [2.24, 2.45) is 0 Å². The first kappa shape index (κ1) is 8.55. The van der Waals surface area contributed by atoms with Crippen LogP contribution in [0.3, 0.4) is 0 Å². The lowest BCUT2D eigenvalue weighted by Gasteiger charge is -2.14. The lowest BCUT2D eigenvalue weighted by molar-refractivity contribution is -0.853. The van der Waals surface area contributed by atoms with Gasteiger partial charge in [-0.25, -0.2) is 10.4 Å². The summed E-state index contributed by atoms with van der Waals surface area (Å²) in [6, 6.07) is 9.21. The Morgan fingerprint density at radius 1 is 1.42 bits per heavy atom. The molecule has 0 aromatic heterocycles. The summed E-state index contributed by atoms with van der Waals surface area (Å²) in [5.74, 6) is 0. The highest BCUT2D eigenvalue weighted by molar-refractivity contribution is 5.60. The largest absolute Gasteiger partial charge is 0.526 e. The van der Waals surface area contributed by atoms with Crippen molar-refractivity contribution in [1.29, 1.82) is 0 Å². The third kappa shape index (κ3) is 2.25. The number of para-hydroxylation sites is 1. The fourth-order valence-electron chi connectivity index (χ4n) is 0.913. The van der Waals surface area contributed by atoms with E-state index < -0.39 is 6.09 Å². The molecule has 1 atom stereocenters. The number of hydrogen-bond acceptors (Lipinski definition) is 2. The van der Waals surface area contributed by atoms with E-state index in [0.29, 0.717) is 5.01 Å². The molecule has 0 saturated carbocycles. The predicted octanol–water partition coefficient (Wildman–Crippen LogP) is -1.32. The fraction of sp³-hybridized carbons (Fsp3) is 0.125. The zero-order valence-corrected chi connectivity index (χ0v) is 6.70. The van der Waals surface area contributed by atoms with Gasteiger partial charge >= 0.3 is 0 Å². The molecule has 4 nitrogen and oxygen atoms in total. The summed E-state index contributed by atoms with van der Waals surface area (Å²) in [5, 5.41) is 10.7. The molecule has 1 rings (SSSR count). The number of hydrogen-bond donors (Lipinski definition) is 2. The second-order valence-electron chi connectivity index (χ2n) is 2.40. The smallest absolute Gasteiger partial charge is 0.185 e. The zero-order valence-electron chi connectivity index (χ0n) is 6.70. The van der Waals surface area contributed by atoms with Crippen LogP contribution >= 0.6 is 0 Å². The second kappa shape index (κ2) is 3.73. The highest BCUT2D eigenvalue weighted by Gasteiger charge is 2.02. The maximum absolute atomic E-state index is 10.1. The maximum Gasteiger partial charge on any atom is 0.185 e. The quantitative estimate of drug-likeness (QED) is 0.535. The standard InChI is InChI=1S/C8H10N2O2/c1-10(9-8(11)12)7-5-3-2-4-6-7/h2-6,9H,1H3,(H,11,12). The van der Waals surface area contributed by atoms with Gasteiger partial charge in [0.2, 0.25) is 0 Å². The Morgan fingerprint density at radius 2 is 2.00 bits per heavy atom. The zero-order chi connectivity index (χ0) is 8.97. The first-order chi connectivity index (χ1) is 5.70. The van der Waals surface area contributed by atoms with Crippen LogP contribution in [0, 0.1) is 0 Å². The van der Waals surface area contributed by atoms with Crippen molar-refractivity contribution in [3.63, 3.8) is 0 Å². The Morgan fingerprint density at radius 3 is 2.50 bits per heavy atom. The van der Waals surface area contributed by atoms with E-state index in [2.05, 4.69) is 5.43 Å². The Balaban J connectivity index is 2.65. The summed E-state index contributed by atoms with van der Waals surface area (Å²) in [7, 11) is 1.69. The van der Waals surface area contributed by atoms with Crippen molar-refractivity contribution in [1.82, 2.24) is 5.43 Å². The summed E-state index contributed by atoms with van der Waals surface area (Å²) in [6.45, 7) is 0. The van der Waals surface area contributed by atoms with Crippen LogP contribution in [-0.4, -0.2) is 13.1 Å². The van der Waals surface area contributed by atoms with Gasteiger partial charge in [0.1, 0.15) is 0 Å². The molecule has 1 amide bonds. The summed E-state index contributed by atoms with van der Waals surface area (Å²) in [4.78, 5) is 10.1. The molecule has 4 heteroatoms. The molecular weight excluding hydrogens is 156 g/mol. The molecule has 0 spiro atoms. The molecule has 0 aliphatic heterocycles. The van der Waals surface area contributed by atoms with Gasteiger partial charge in [-0.3, -0.25) is 0 Å². The van der Waals surface area contributed by atoms with Crippen LogP contribution in [0.4, 0.5) is 10.5 Å². The van der Waals surface area contributed by atoms with E-state index in [1.54, 1.807) is 7.05 Å². The van der Waals surface area contributed by atoms with E-state index in [1.807, 2.05) is 30.3 Å². The van der Waals surface area contributed by atoms with E-state index >= 15 is 0 Å². The summed E-state index contributed by atoms with van der Waals surface area (Å²) < 4.78 is 0. The predicted molar refractivity (Wildman–Crippen MR) is 41.5 cm³/mol. The number of amides is 1. The van der Waals surface area contributed by atoms with Gasteiger partial charge < -0.3 is 9.90 Å². The minimum atomic E-state index is -1.28.